The summed E-state index contributed by atoms with van der Waals surface area (Å²) in [6.07, 6.45) is 8.90. The summed E-state index contributed by atoms with van der Waals surface area (Å²) in [5, 5.41) is 0. The summed E-state index contributed by atoms with van der Waals surface area (Å²) in [5.41, 5.74) is 4.48. The lowest BCUT2D eigenvalue weighted by Crippen LogP contribution is -2.27. The van der Waals surface area contributed by atoms with Gasteiger partial charge in [-0.25, -0.2) is 0 Å². The van der Waals surface area contributed by atoms with Crippen molar-refractivity contribution in [3.63, 3.8) is 0 Å². The van der Waals surface area contributed by atoms with Gasteiger partial charge in [0.15, 0.2) is 0 Å². The second-order valence-corrected chi connectivity index (χ2v) is 5.28. The molecule has 16 heavy (non-hydrogen) atoms. The van der Waals surface area contributed by atoms with Crippen LogP contribution < -0.4 is 0 Å². The van der Waals surface area contributed by atoms with E-state index in [0.29, 0.717) is 5.92 Å². The summed E-state index contributed by atoms with van der Waals surface area (Å²) in [6, 6.07) is 6.57. The van der Waals surface area contributed by atoms with Crippen LogP contribution in [0, 0.1) is 19.8 Å². The van der Waals surface area contributed by atoms with E-state index in [9.17, 15) is 0 Å². The highest BCUT2D eigenvalue weighted by Gasteiger charge is 2.31. The fourth-order valence-corrected chi connectivity index (χ4v) is 2.91. The molecule has 1 aromatic rings. The van der Waals surface area contributed by atoms with Crippen LogP contribution in [0.2, 0.25) is 0 Å². The lowest BCUT2D eigenvalue weighted by atomic mass is 9.71. The summed E-state index contributed by atoms with van der Waals surface area (Å²) < 4.78 is 0. The standard InChI is InChI=1S/C16H20/c1-12-8-7-9-13(2)15(12)16(3,4)14-10-5-6-11-14/h5-11,14H,1-4H3. The Hall–Kier alpha value is -1.30. The first-order valence-corrected chi connectivity index (χ1v) is 5.95. The normalized spacial score (nSPS) is 16.0. The third-order valence-electron chi connectivity index (χ3n) is 3.71. The molecule has 84 valence electrons. The third kappa shape index (κ3) is 1.73. The second-order valence-electron chi connectivity index (χ2n) is 5.28. The molecule has 1 aromatic carbocycles. The van der Waals surface area contributed by atoms with Crippen LogP contribution >= 0.6 is 0 Å². The molecule has 0 aromatic heterocycles. The van der Waals surface area contributed by atoms with Crippen molar-refractivity contribution in [1.82, 2.24) is 0 Å². The molecule has 0 unspecified atom stereocenters. The SMILES string of the molecule is Cc1cccc(C)c1C(C)(C)C1C=CC=C1. The number of rotatable bonds is 2. The predicted molar refractivity (Wildman–Crippen MR) is 70.7 cm³/mol. The molecular weight excluding hydrogens is 192 g/mol. The van der Waals surface area contributed by atoms with Crippen molar-refractivity contribution in [3.05, 3.63) is 59.2 Å². The van der Waals surface area contributed by atoms with Gasteiger partial charge in [0.05, 0.1) is 0 Å². The number of aryl methyl sites for hydroxylation is 2. The van der Waals surface area contributed by atoms with Gasteiger partial charge in [0.1, 0.15) is 0 Å². The number of benzene rings is 1. The van der Waals surface area contributed by atoms with Gasteiger partial charge in [-0.15, -0.1) is 0 Å². The first-order valence-electron chi connectivity index (χ1n) is 5.95. The molecule has 0 radical (unpaired) electrons. The molecule has 0 heteroatoms. The highest BCUT2D eigenvalue weighted by molar-refractivity contribution is 5.42. The molecule has 0 saturated carbocycles. The van der Waals surface area contributed by atoms with Crippen molar-refractivity contribution < 1.29 is 0 Å². The van der Waals surface area contributed by atoms with Gasteiger partial charge in [-0.1, -0.05) is 56.4 Å². The molecule has 0 N–H and O–H groups in total. The van der Waals surface area contributed by atoms with Crippen LogP contribution in [0.15, 0.2) is 42.5 Å². The van der Waals surface area contributed by atoms with Crippen LogP contribution in [0.4, 0.5) is 0 Å². The maximum absolute atomic E-state index is 2.34. The van der Waals surface area contributed by atoms with Gasteiger partial charge in [0.2, 0.25) is 0 Å². The molecule has 1 aliphatic rings. The largest absolute Gasteiger partial charge is 0.0768 e. The molecule has 0 amide bonds. The number of hydrogen-bond donors (Lipinski definition) is 0. The topological polar surface area (TPSA) is 0 Å². The molecule has 2 rings (SSSR count). The summed E-state index contributed by atoms with van der Waals surface area (Å²) >= 11 is 0. The molecule has 1 aliphatic carbocycles. The van der Waals surface area contributed by atoms with Crippen LogP contribution in [0.5, 0.6) is 0 Å². The van der Waals surface area contributed by atoms with Crippen LogP contribution in [0.1, 0.15) is 30.5 Å². The van der Waals surface area contributed by atoms with Crippen LogP contribution in [-0.4, -0.2) is 0 Å². The van der Waals surface area contributed by atoms with E-state index in [0.717, 1.165) is 0 Å². The second kappa shape index (κ2) is 3.93. The highest BCUT2D eigenvalue weighted by atomic mass is 14.3. The van der Waals surface area contributed by atoms with Crippen molar-refractivity contribution in [3.8, 4) is 0 Å². The number of allylic oxidation sites excluding steroid dienone is 4. The van der Waals surface area contributed by atoms with Crippen molar-refractivity contribution in [2.24, 2.45) is 5.92 Å². The van der Waals surface area contributed by atoms with Gasteiger partial charge < -0.3 is 0 Å². The Morgan fingerprint density at radius 2 is 1.44 bits per heavy atom. The van der Waals surface area contributed by atoms with E-state index < -0.39 is 0 Å². The lowest BCUT2D eigenvalue weighted by Gasteiger charge is -2.33. The summed E-state index contributed by atoms with van der Waals surface area (Å²) in [4.78, 5) is 0. The zero-order valence-electron chi connectivity index (χ0n) is 10.6. The fourth-order valence-electron chi connectivity index (χ4n) is 2.91. The summed E-state index contributed by atoms with van der Waals surface area (Å²) in [5.74, 6) is 0.521. The third-order valence-corrected chi connectivity index (χ3v) is 3.71. The van der Waals surface area contributed by atoms with E-state index in [1.165, 1.54) is 16.7 Å². The van der Waals surface area contributed by atoms with Crippen LogP contribution in [-0.2, 0) is 5.41 Å². The van der Waals surface area contributed by atoms with Gasteiger partial charge in [-0.05, 0) is 36.0 Å². The van der Waals surface area contributed by atoms with E-state index in [1.54, 1.807) is 0 Å². The zero-order chi connectivity index (χ0) is 11.8. The highest BCUT2D eigenvalue weighted by Crippen LogP contribution is 2.38. The van der Waals surface area contributed by atoms with E-state index in [4.69, 9.17) is 0 Å². The first-order chi connectivity index (χ1) is 7.53. The molecule has 0 saturated heterocycles. The minimum Gasteiger partial charge on any atom is -0.0768 e. The molecule has 0 bridgehead atoms. The van der Waals surface area contributed by atoms with Gasteiger partial charge >= 0.3 is 0 Å². The van der Waals surface area contributed by atoms with Gasteiger partial charge in [-0.3, -0.25) is 0 Å². The average Bonchev–Trinajstić information content (AvgIpc) is 2.69. The van der Waals surface area contributed by atoms with Crippen molar-refractivity contribution >= 4 is 0 Å². The van der Waals surface area contributed by atoms with E-state index in [2.05, 4.69) is 70.2 Å². The van der Waals surface area contributed by atoms with Gasteiger partial charge in [-0.2, -0.15) is 0 Å². The fraction of sp³-hybridized carbons (Fsp3) is 0.375. The Morgan fingerprint density at radius 3 is 1.94 bits per heavy atom. The molecule has 0 atom stereocenters. The Kier molecular flexibility index (Phi) is 2.75. The zero-order valence-corrected chi connectivity index (χ0v) is 10.6. The molecular formula is C16H20. The first kappa shape index (κ1) is 11.2. The maximum Gasteiger partial charge on any atom is 0.00447 e. The van der Waals surface area contributed by atoms with Gasteiger partial charge in [0, 0.05) is 5.92 Å². The molecule has 0 nitrogen and oxygen atoms in total. The monoisotopic (exact) mass is 212 g/mol. The molecule has 0 aliphatic heterocycles. The Labute approximate surface area is 98.7 Å². The Bertz CT molecular complexity index is 415. The van der Waals surface area contributed by atoms with Crippen LogP contribution in [0.25, 0.3) is 0 Å². The number of hydrogen-bond acceptors (Lipinski definition) is 0. The molecule has 0 spiro atoms. The quantitative estimate of drug-likeness (QED) is 0.684. The van der Waals surface area contributed by atoms with Gasteiger partial charge in [0.25, 0.3) is 0 Å². The van der Waals surface area contributed by atoms with E-state index in [1.807, 2.05) is 0 Å². The van der Waals surface area contributed by atoms with Crippen molar-refractivity contribution in [2.45, 2.75) is 33.1 Å². The Balaban J connectivity index is 2.50. The van der Waals surface area contributed by atoms with Crippen molar-refractivity contribution in [1.29, 1.82) is 0 Å². The average molecular weight is 212 g/mol. The van der Waals surface area contributed by atoms with E-state index in [-0.39, 0.29) is 5.41 Å². The Morgan fingerprint density at radius 1 is 0.938 bits per heavy atom. The smallest absolute Gasteiger partial charge is 0.00447 e. The van der Waals surface area contributed by atoms with E-state index >= 15 is 0 Å². The predicted octanol–water partition coefficient (Wildman–Crippen LogP) is 4.32. The van der Waals surface area contributed by atoms with Crippen LogP contribution in [0.3, 0.4) is 0 Å². The van der Waals surface area contributed by atoms with Crippen molar-refractivity contribution in [2.75, 3.05) is 0 Å². The lowest BCUT2D eigenvalue weighted by molar-refractivity contribution is 0.443. The molecule has 0 heterocycles. The minimum atomic E-state index is 0.179. The summed E-state index contributed by atoms with van der Waals surface area (Å²) in [7, 11) is 0. The summed E-state index contributed by atoms with van der Waals surface area (Å²) in [6.45, 7) is 9.11. The maximum atomic E-state index is 2.34. The molecule has 0 fully saturated rings. The minimum absolute atomic E-state index is 0.179.